The van der Waals surface area contributed by atoms with Crippen LogP contribution in [0.4, 0.5) is 29.2 Å². The number of nitrogens with zero attached hydrogens (tertiary/aromatic N) is 7. The van der Waals surface area contributed by atoms with E-state index in [1.807, 2.05) is 26.0 Å². The van der Waals surface area contributed by atoms with Crippen molar-refractivity contribution in [3.8, 4) is 11.4 Å². The molecule has 3 aromatic heterocycles. The van der Waals surface area contributed by atoms with E-state index in [1.165, 1.54) is 7.05 Å². The summed E-state index contributed by atoms with van der Waals surface area (Å²) >= 11 is 0. The number of rotatable bonds is 3. The number of anilines is 2. The fraction of sp³-hybridized carbons (Fsp3) is 0.500. The Labute approximate surface area is 229 Å². The summed E-state index contributed by atoms with van der Waals surface area (Å²) in [7, 11) is 1.34. The van der Waals surface area contributed by atoms with Gasteiger partial charge in [-0.2, -0.15) is 23.4 Å². The van der Waals surface area contributed by atoms with Gasteiger partial charge in [-0.1, -0.05) is 19.9 Å². The molecule has 1 aromatic carbocycles. The quantitative estimate of drug-likeness (QED) is 0.326. The van der Waals surface area contributed by atoms with Crippen LogP contribution in [0.5, 0.6) is 0 Å². The van der Waals surface area contributed by atoms with Crippen molar-refractivity contribution in [2.24, 2.45) is 12.5 Å². The summed E-state index contributed by atoms with van der Waals surface area (Å²) in [6.07, 6.45) is -2.37. The summed E-state index contributed by atoms with van der Waals surface area (Å²) in [6.45, 7) is 10.5. The minimum atomic E-state index is -4.87. The van der Waals surface area contributed by atoms with Crippen LogP contribution in [-0.2, 0) is 26.2 Å². The van der Waals surface area contributed by atoms with Gasteiger partial charge in [-0.05, 0) is 43.7 Å². The largest absolute Gasteiger partial charge is 0.438 e. The highest BCUT2D eigenvalue weighted by Gasteiger charge is 2.41. The highest BCUT2D eigenvalue weighted by Crippen LogP contribution is 2.40. The van der Waals surface area contributed by atoms with Crippen molar-refractivity contribution in [3.63, 3.8) is 0 Å². The fourth-order valence-corrected chi connectivity index (χ4v) is 6.23. The second-order valence-electron chi connectivity index (χ2n) is 11.8. The predicted molar refractivity (Wildman–Crippen MR) is 145 cm³/mol. The molecule has 212 valence electrons. The average Bonchev–Trinajstić information content (AvgIpc) is 3.41. The summed E-state index contributed by atoms with van der Waals surface area (Å²) in [5.41, 5.74) is 3.91. The fourth-order valence-electron chi connectivity index (χ4n) is 6.23. The molecule has 2 aliphatic rings. The molecule has 5 heterocycles. The Morgan fingerprint density at radius 2 is 1.82 bits per heavy atom. The molecule has 8 nitrogen and oxygen atoms in total. The number of benzene rings is 1. The number of alkyl halides is 3. The minimum absolute atomic E-state index is 0.0669. The van der Waals surface area contributed by atoms with Crippen LogP contribution in [-0.4, -0.2) is 49.6 Å². The van der Waals surface area contributed by atoms with E-state index in [0.29, 0.717) is 18.8 Å². The summed E-state index contributed by atoms with van der Waals surface area (Å²) in [4.78, 5) is 14.0. The second kappa shape index (κ2) is 9.17. The Morgan fingerprint density at radius 3 is 2.52 bits per heavy atom. The van der Waals surface area contributed by atoms with Crippen LogP contribution in [0.25, 0.3) is 22.3 Å². The molecule has 0 unspecified atom stereocenters. The number of hydrogen-bond donors (Lipinski definition) is 1. The topological polar surface area (TPSA) is 78.8 Å². The number of nitrogens with one attached hydrogen (secondary N) is 1. The molecule has 2 aliphatic heterocycles. The van der Waals surface area contributed by atoms with Crippen LogP contribution >= 0.6 is 0 Å². The lowest BCUT2D eigenvalue weighted by atomic mass is 9.84. The lowest BCUT2D eigenvalue weighted by Crippen LogP contribution is -2.42. The van der Waals surface area contributed by atoms with Crippen LogP contribution in [0.15, 0.2) is 12.1 Å². The lowest BCUT2D eigenvalue weighted by molar-refractivity contribution is -0.143. The van der Waals surface area contributed by atoms with Crippen molar-refractivity contribution >= 4 is 22.5 Å². The highest BCUT2D eigenvalue weighted by molar-refractivity contribution is 5.96. The van der Waals surface area contributed by atoms with Crippen molar-refractivity contribution < 1.29 is 17.6 Å². The zero-order valence-corrected chi connectivity index (χ0v) is 23.2. The van der Waals surface area contributed by atoms with Crippen molar-refractivity contribution in [1.29, 1.82) is 0 Å². The molecular formula is C28H32F4N8. The van der Waals surface area contributed by atoms with Crippen molar-refractivity contribution in [2.45, 2.75) is 59.7 Å². The van der Waals surface area contributed by atoms with Crippen molar-refractivity contribution in [1.82, 2.24) is 29.9 Å². The second-order valence-corrected chi connectivity index (χ2v) is 11.8. The van der Waals surface area contributed by atoms with Crippen molar-refractivity contribution in [2.75, 3.05) is 29.4 Å². The third-order valence-electron chi connectivity index (χ3n) is 8.11. The number of aryl methyl sites for hydroxylation is 3. The van der Waals surface area contributed by atoms with E-state index in [2.05, 4.69) is 34.0 Å². The van der Waals surface area contributed by atoms with Gasteiger partial charge >= 0.3 is 6.18 Å². The molecule has 0 aliphatic carbocycles. The number of H-pyrrole nitrogens is 1. The van der Waals surface area contributed by atoms with E-state index >= 15 is 4.39 Å². The van der Waals surface area contributed by atoms with Gasteiger partial charge in [0.2, 0.25) is 5.69 Å². The molecule has 40 heavy (non-hydrogen) atoms. The monoisotopic (exact) mass is 556 g/mol. The normalized spacial score (nSPS) is 17.5. The third-order valence-corrected chi connectivity index (χ3v) is 8.11. The molecule has 1 fully saturated rings. The first kappa shape index (κ1) is 26.5. The maximum absolute atomic E-state index is 15.1. The van der Waals surface area contributed by atoms with E-state index in [1.54, 1.807) is 4.90 Å². The number of hydrogen-bond acceptors (Lipinski definition) is 6. The number of fused-ring (bicyclic) bond motifs is 2. The minimum Gasteiger partial charge on any atom is -0.356 e. The Bertz CT molecular complexity index is 1620. The van der Waals surface area contributed by atoms with E-state index < -0.39 is 17.7 Å². The molecule has 0 saturated carbocycles. The molecule has 0 spiro atoms. The first-order valence-corrected chi connectivity index (χ1v) is 13.5. The van der Waals surface area contributed by atoms with Crippen LogP contribution in [0.3, 0.4) is 0 Å². The van der Waals surface area contributed by atoms with Crippen LogP contribution in [0.1, 0.15) is 54.9 Å². The molecule has 1 N–H and O–H groups in total. The lowest BCUT2D eigenvalue weighted by Gasteiger charge is -2.41. The van der Waals surface area contributed by atoms with E-state index in [9.17, 15) is 13.2 Å². The molecule has 0 bridgehead atoms. The molecular weight excluding hydrogens is 524 g/mol. The summed E-state index contributed by atoms with van der Waals surface area (Å²) in [5, 5.41) is 11.9. The van der Waals surface area contributed by atoms with E-state index in [0.717, 1.165) is 75.4 Å². The molecule has 6 rings (SSSR count). The van der Waals surface area contributed by atoms with Gasteiger partial charge in [0, 0.05) is 56.2 Å². The number of piperidine rings is 1. The van der Waals surface area contributed by atoms with Gasteiger partial charge in [0.15, 0.2) is 17.5 Å². The van der Waals surface area contributed by atoms with E-state index in [-0.39, 0.29) is 17.8 Å². The smallest absolute Gasteiger partial charge is 0.356 e. The van der Waals surface area contributed by atoms with Crippen LogP contribution in [0, 0.1) is 25.1 Å². The van der Waals surface area contributed by atoms with Gasteiger partial charge in [-0.3, -0.25) is 5.10 Å². The molecule has 4 aromatic rings. The number of aromatic nitrogens is 6. The van der Waals surface area contributed by atoms with Gasteiger partial charge in [-0.25, -0.2) is 19.0 Å². The third kappa shape index (κ3) is 4.37. The van der Waals surface area contributed by atoms with Crippen LogP contribution in [0.2, 0.25) is 0 Å². The Hall–Kier alpha value is -3.70. The van der Waals surface area contributed by atoms with Gasteiger partial charge < -0.3 is 9.80 Å². The molecule has 12 heteroatoms. The predicted octanol–water partition coefficient (Wildman–Crippen LogP) is 5.72. The Morgan fingerprint density at radius 1 is 1.05 bits per heavy atom. The first-order chi connectivity index (χ1) is 18.8. The molecule has 0 atom stereocenters. The number of halogens is 4. The Kier molecular flexibility index (Phi) is 6.08. The summed E-state index contributed by atoms with van der Waals surface area (Å²) < 4.78 is 56.3. The van der Waals surface area contributed by atoms with Gasteiger partial charge in [0.05, 0.1) is 16.9 Å². The highest BCUT2D eigenvalue weighted by atomic mass is 19.4. The Balaban J connectivity index is 1.50. The zero-order chi connectivity index (χ0) is 28.6. The zero-order valence-electron chi connectivity index (χ0n) is 23.2. The van der Waals surface area contributed by atoms with Crippen molar-refractivity contribution in [3.05, 3.63) is 46.2 Å². The standard InChI is InChI=1S/C28H32F4N8/c1-15-7-8-19-21(16(2)35-36-19)20(15)24-33-18-9-12-39(26-22(29)23(28(30,31)32)37-38(26)5)13-17(18)25(34-24)40-11-6-10-27(3,4)14-40/h7-8H,6,9-14H2,1-5H3,(H,35,36). The van der Waals surface area contributed by atoms with Gasteiger partial charge in [0.1, 0.15) is 5.82 Å². The van der Waals surface area contributed by atoms with Gasteiger partial charge in [0.25, 0.3) is 0 Å². The van der Waals surface area contributed by atoms with E-state index in [4.69, 9.17) is 9.97 Å². The van der Waals surface area contributed by atoms with Crippen LogP contribution < -0.4 is 9.80 Å². The maximum atomic E-state index is 15.1. The molecule has 0 radical (unpaired) electrons. The molecule has 0 amide bonds. The molecule has 1 saturated heterocycles. The SMILES string of the molecule is Cc1ccc2[nH]nc(C)c2c1-c1nc2c(c(N3CCCC(C)(C)C3)n1)CN(c1c(F)c(C(F)(F)F)nn1C)CC2. The average molecular weight is 557 g/mol. The summed E-state index contributed by atoms with van der Waals surface area (Å²) in [6, 6.07) is 4.02. The van der Waals surface area contributed by atoms with Gasteiger partial charge in [-0.15, -0.1) is 0 Å². The number of aromatic amines is 1. The maximum Gasteiger partial charge on any atom is 0.438 e. The first-order valence-electron chi connectivity index (χ1n) is 13.5. The summed E-state index contributed by atoms with van der Waals surface area (Å²) in [5.74, 6) is -0.172.